The molecule has 0 saturated heterocycles. The number of benzene rings is 2. The van der Waals surface area contributed by atoms with Crippen LogP contribution in [-0.2, 0) is 9.53 Å². The third-order valence-corrected chi connectivity index (χ3v) is 5.20. The smallest absolute Gasteiger partial charge is 0.344 e. The van der Waals surface area contributed by atoms with E-state index >= 15 is 0 Å². The maximum atomic E-state index is 12.5. The molecule has 156 valence electrons. The zero-order chi connectivity index (χ0) is 21.7. The predicted molar refractivity (Wildman–Crippen MR) is 117 cm³/mol. The summed E-state index contributed by atoms with van der Waals surface area (Å²) in [4.78, 5) is 17.4. The van der Waals surface area contributed by atoms with Gasteiger partial charge in [0.2, 0.25) is 0 Å². The van der Waals surface area contributed by atoms with Gasteiger partial charge >= 0.3 is 5.97 Å². The van der Waals surface area contributed by atoms with E-state index in [9.17, 15) is 15.0 Å². The molecule has 0 fully saturated rings. The second-order valence-electron chi connectivity index (χ2n) is 6.10. The van der Waals surface area contributed by atoms with Crippen molar-refractivity contribution in [1.29, 1.82) is 0 Å². The highest BCUT2D eigenvalue weighted by Crippen LogP contribution is 2.41. The number of carbonyl (C=O) groups excluding carboxylic acids is 1. The summed E-state index contributed by atoms with van der Waals surface area (Å²) in [5, 5.41) is 20.7. The van der Waals surface area contributed by atoms with Gasteiger partial charge in [-0.3, -0.25) is 0 Å². The lowest BCUT2D eigenvalue weighted by Crippen LogP contribution is -2.12. The zero-order valence-electron chi connectivity index (χ0n) is 16.7. The molecule has 0 atom stereocenters. The summed E-state index contributed by atoms with van der Waals surface area (Å²) in [6.07, 6.45) is 1.66. The molecule has 1 aliphatic heterocycles. The van der Waals surface area contributed by atoms with Crippen LogP contribution in [0.5, 0.6) is 17.2 Å². The Morgan fingerprint density at radius 1 is 1.10 bits per heavy atom. The van der Waals surface area contributed by atoms with Crippen molar-refractivity contribution in [3.63, 3.8) is 0 Å². The number of hydrogen-bond acceptors (Lipinski definition) is 8. The van der Waals surface area contributed by atoms with E-state index in [1.54, 1.807) is 50.4 Å². The number of carbonyl (C=O) groups is 1. The van der Waals surface area contributed by atoms with Crippen molar-refractivity contribution in [1.82, 2.24) is 0 Å². The Morgan fingerprint density at radius 2 is 1.83 bits per heavy atom. The van der Waals surface area contributed by atoms with Gasteiger partial charge in [0.1, 0.15) is 33.6 Å². The molecule has 30 heavy (non-hydrogen) atoms. The number of aliphatic hydroxyl groups is 1. The maximum absolute atomic E-state index is 12.5. The van der Waals surface area contributed by atoms with Crippen molar-refractivity contribution < 1.29 is 29.2 Å². The molecule has 0 unspecified atom stereocenters. The third kappa shape index (κ3) is 4.60. The maximum Gasteiger partial charge on any atom is 0.344 e. The van der Waals surface area contributed by atoms with E-state index in [0.717, 1.165) is 11.8 Å². The van der Waals surface area contributed by atoms with E-state index in [1.165, 1.54) is 19.2 Å². The monoisotopic (exact) mass is 427 g/mol. The normalized spacial score (nSPS) is 16.2. The fourth-order valence-corrected chi connectivity index (χ4v) is 3.75. The van der Waals surface area contributed by atoms with Crippen molar-refractivity contribution in [2.24, 2.45) is 4.99 Å². The van der Waals surface area contributed by atoms with Crippen LogP contribution in [0.3, 0.4) is 0 Å². The Bertz CT molecular complexity index is 1040. The number of aliphatic hydroxyl groups excluding tert-OH is 1. The van der Waals surface area contributed by atoms with Gasteiger partial charge in [-0.2, -0.15) is 0 Å². The first kappa shape index (κ1) is 21.3. The molecular weight excluding hydrogens is 406 g/mol. The van der Waals surface area contributed by atoms with E-state index in [1.807, 2.05) is 0 Å². The minimum atomic E-state index is -0.657. The lowest BCUT2D eigenvalue weighted by atomic mass is 10.1. The van der Waals surface area contributed by atoms with Gasteiger partial charge in [0.15, 0.2) is 0 Å². The minimum absolute atomic E-state index is 0.00154. The fraction of sp³-hybridized carbons (Fsp3) is 0.182. The summed E-state index contributed by atoms with van der Waals surface area (Å²) < 4.78 is 15.5. The zero-order valence-corrected chi connectivity index (χ0v) is 17.5. The van der Waals surface area contributed by atoms with Crippen LogP contribution >= 0.6 is 11.8 Å². The van der Waals surface area contributed by atoms with Crippen molar-refractivity contribution in [3.05, 3.63) is 64.3 Å². The van der Waals surface area contributed by atoms with E-state index < -0.39 is 5.97 Å². The van der Waals surface area contributed by atoms with Crippen LogP contribution in [0.2, 0.25) is 0 Å². The molecule has 1 heterocycles. The summed E-state index contributed by atoms with van der Waals surface area (Å²) in [6, 6.07) is 11.6. The number of aliphatic imine (C=N–C) groups is 1. The molecule has 0 radical (unpaired) electrons. The molecule has 2 aromatic carbocycles. The van der Waals surface area contributed by atoms with E-state index in [2.05, 4.69) is 4.99 Å². The van der Waals surface area contributed by atoms with Crippen LogP contribution in [-0.4, -0.2) is 42.1 Å². The number of rotatable bonds is 6. The molecular formula is C22H21NO6S. The lowest BCUT2D eigenvalue weighted by molar-refractivity contribution is -0.138. The highest BCUT2D eigenvalue weighted by atomic mass is 32.2. The molecule has 2 aromatic rings. The highest BCUT2D eigenvalue weighted by molar-refractivity contribution is 8.18. The number of aromatic hydroxyl groups is 1. The Kier molecular flexibility index (Phi) is 6.68. The molecule has 0 spiro atoms. The Balaban J connectivity index is 2.04. The van der Waals surface area contributed by atoms with Gasteiger partial charge < -0.3 is 24.4 Å². The molecule has 7 nitrogen and oxygen atoms in total. The van der Waals surface area contributed by atoms with Gasteiger partial charge in [0, 0.05) is 11.6 Å². The molecule has 0 aliphatic carbocycles. The number of phenolic OH excluding ortho intramolecular Hbond substituents is 1. The van der Waals surface area contributed by atoms with Crippen LogP contribution in [0.25, 0.3) is 6.08 Å². The predicted octanol–water partition coefficient (Wildman–Crippen LogP) is 4.60. The van der Waals surface area contributed by atoms with Crippen LogP contribution in [0.15, 0.2) is 63.7 Å². The molecule has 0 saturated carbocycles. The van der Waals surface area contributed by atoms with Gasteiger partial charge in [-0.05, 0) is 49.4 Å². The average molecular weight is 427 g/mol. The molecule has 0 amide bonds. The number of esters is 1. The molecule has 1 aliphatic rings. The molecule has 3 rings (SSSR count). The van der Waals surface area contributed by atoms with Crippen molar-refractivity contribution in [3.8, 4) is 17.2 Å². The summed E-state index contributed by atoms with van der Waals surface area (Å²) in [7, 11) is 3.05. The number of hydrogen-bond donors (Lipinski definition) is 2. The van der Waals surface area contributed by atoms with Gasteiger partial charge in [0.05, 0.1) is 31.4 Å². The molecule has 8 heteroatoms. The van der Waals surface area contributed by atoms with E-state index in [0.29, 0.717) is 32.7 Å². The minimum Gasteiger partial charge on any atom is -0.508 e. The summed E-state index contributed by atoms with van der Waals surface area (Å²) in [5.41, 5.74) is 1.22. The number of thioether (sulfide) groups is 1. The number of nitrogens with zero attached hydrogens (tertiary/aromatic N) is 1. The van der Waals surface area contributed by atoms with Crippen LogP contribution in [0.4, 0.5) is 5.69 Å². The Hall–Kier alpha value is -3.39. The largest absolute Gasteiger partial charge is 0.508 e. The van der Waals surface area contributed by atoms with Crippen LogP contribution in [0, 0.1) is 0 Å². The van der Waals surface area contributed by atoms with Gasteiger partial charge in [-0.1, -0.05) is 11.8 Å². The lowest BCUT2D eigenvalue weighted by Gasteiger charge is -2.06. The summed E-state index contributed by atoms with van der Waals surface area (Å²) in [6.45, 7) is 1.86. The average Bonchev–Trinajstić information content (AvgIpc) is 3.04. The molecule has 2 N–H and O–H groups in total. The number of ether oxygens (including phenoxy) is 3. The van der Waals surface area contributed by atoms with Gasteiger partial charge in [-0.25, -0.2) is 9.79 Å². The third-order valence-electron chi connectivity index (χ3n) is 4.18. The van der Waals surface area contributed by atoms with Crippen LogP contribution < -0.4 is 9.47 Å². The van der Waals surface area contributed by atoms with Crippen molar-refractivity contribution in [2.75, 3.05) is 20.8 Å². The summed E-state index contributed by atoms with van der Waals surface area (Å²) >= 11 is 1.14. The first-order chi connectivity index (χ1) is 14.5. The standard InChI is InChI=1S/C22H21NO6S/c1-4-29-22(26)19-20(25)18(11-13-5-8-15(24)12-17(13)28-3)30-21(19)23-14-6-9-16(27-2)10-7-14/h5-12,24-25H,4H2,1-3H3/b18-11+,23-21?. The molecule has 0 aromatic heterocycles. The highest BCUT2D eigenvalue weighted by Gasteiger charge is 2.33. The summed E-state index contributed by atoms with van der Waals surface area (Å²) in [5.74, 6) is 0.287. The van der Waals surface area contributed by atoms with Crippen LogP contribution in [0.1, 0.15) is 12.5 Å². The molecule has 0 bridgehead atoms. The Labute approximate surface area is 178 Å². The Morgan fingerprint density at radius 3 is 2.47 bits per heavy atom. The van der Waals surface area contributed by atoms with Gasteiger partial charge in [-0.15, -0.1) is 0 Å². The number of methoxy groups -OCH3 is 2. The first-order valence-electron chi connectivity index (χ1n) is 9.07. The first-order valence-corrected chi connectivity index (χ1v) is 9.88. The van der Waals surface area contributed by atoms with Gasteiger partial charge in [0.25, 0.3) is 0 Å². The fourth-order valence-electron chi connectivity index (χ4n) is 2.73. The quantitative estimate of drug-likeness (QED) is 0.650. The number of phenols is 1. The second-order valence-corrected chi connectivity index (χ2v) is 7.13. The van der Waals surface area contributed by atoms with E-state index in [-0.39, 0.29) is 23.7 Å². The topological polar surface area (TPSA) is 97.6 Å². The van der Waals surface area contributed by atoms with E-state index in [4.69, 9.17) is 14.2 Å². The second kappa shape index (κ2) is 9.41. The van der Waals surface area contributed by atoms with Crippen molar-refractivity contribution in [2.45, 2.75) is 6.92 Å². The van der Waals surface area contributed by atoms with Crippen molar-refractivity contribution >= 4 is 34.5 Å². The SMILES string of the molecule is CCOC(=O)C1=C(O)/C(=C\c2ccc(O)cc2OC)SC1=Nc1ccc(OC)cc1.